The number of imidazole rings is 1. The molecule has 0 amide bonds. The molecule has 0 radical (unpaired) electrons. The molecule has 2 aromatic heterocycles. The number of thiazole rings is 1. The topological polar surface area (TPSA) is 38.6 Å². The lowest BCUT2D eigenvalue weighted by atomic mass is 10.0. The summed E-state index contributed by atoms with van der Waals surface area (Å²) in [5, 5.41) is 3.63. The third-order valence-electron chi connectivity index (χ3n) is 4.00. The van der Waals surface area contributed by atoms with Crippen LogP contribution in [0.3, 0.4) is 0 Å². The van der Waals surface area contributed by atoms with Gasteiger partial charge in [0.15, 0.2) is 4.96 Å². The third-order valence-corrected chi connectivity index (χ3v) is 4.90. The molecule has 0 spiro atoms. The van der Waals surface area contributed by atoms with Crippen molar-refractivity contribution in [2.24, 2.45) is 5.92 Å². The number of nitrogens with zero attached hydrogens (tertiary/aromatic N) is 2. The second-order valence-electron chi connectivity index (χ2n) is 5.43. The number of hydrogen-bond donors (Lipinski definition) is 1. The highest BCUT2D eigenvalue weighted by molar-refractivity contribution is 7.17. The summed E-state index contributed by atoms with van der Waals surface area (Å²) in [4.78, 5) is 7.03. The maximum Gasteiger partial charge on any atom is 0.194 e. The summed E-state index contributed by atoms with van der Waals surface area (Å²) in [5.74, 6) is 0.646. The Morgan fingerprint density at radius 3 is 3.16 bits per heavy atom. The van der Waals surface area contributed by atoms with Crippen LogP contribution in [-0.4, -0.2) is 28.6 Å². The number of hydrogen-bond acceptors (Lipinski definition) is 4. The van der Waals surface area contributed by atoms with Gasteiger partial charge in [-0.25, -0.2) is 4.98 Å². The average molecular weight is 279 g/mol. The molecule has 3 rings (SSSR count). The summed E-state index contributed by atoms with van der Waals surface area (Å²) in [7, 11) is 0. The molecule has 5 heteroatoms. The van der Waals surface area contributed by atoms with E-state index in [1.54, 1.807) is 11.3 Å². The lowest BCUT2D eigenvalue weighted by molar-refractivity contribution is 0.178. The van der Waals surface area contributed by atoms with Crippen LogP contribution >= 0.6 is 11.3 Å². The minimum Gasteiger partial charge on any atom is -0.381 e. The first-order valence-electron chi connectivity index (χ1n) is 6.90. The van der Waals surface area contributed by atoms with Crippen molar-refractivity contribution in [3.05, 3.63) is 22.5 Å². The molecule has 1 N–H and O–H groups in total. The van der Waals surface area contributed by atoms with Gasteiger partial charge in [-0.15, -0.1) is 11.3 Å². The number of fused-ring (bicyclic) bond motifs is 1. The fraction of sp³-hybridized carbons (Fsp3) is 0.643. The fourth-order valence-corrected chi connectivity index (χ4v) is 3.58. The second-order valence-corrected chi connectivity index (χ2v) is 6.64. The number of aromatic nitrogens is 2. The van der Waals surface area contributed by atoms with Crippen LogP contribution < -0.4 is 5.32 Å². The van der Waals surface area contributed by atoms with Gasteiger partial charge in [-0.05, 0) is 33.1 Å². The Bertz CT molecular complexity index is 569. The van der Waals surface area contributed by atoms with Crippen molar-refractivity contribution in [1.29, 1.82) is 0 Å². The highest BCUT2D eigenvalue weighted by atomic mass is 32.1. The predicted molar refractivity (Wildman–Crippen MR) is 77.8 cm³/mol. The van der Waals surface area contributed by atoms with Crippen molar-refractivity contribution in [3.63, 3.8) is 0 Å². The number of ether oxygens (including phenoxy) is 1. The summed E-state index contributed by atoms with van der Waals surface area (Å²) in [6.07, 6.45) is 3.35. The Morgan fingerprint density at radius 2 is 2.42 bits per heavy atom. The van der Waals surface area contributed by atoms with E-state index in [4.69, 9.17) is 4.74 Å². The van der Waals surface area contributed by atoms with Crippen molar-refractivity contribution in [2.75, 3.05) is 13.2 Å². The maximum absolute atomic E-state index is 5.46. The highest BCUT2D eigenvalue weighted by Crippen LogP contribution is 2.21. The Balaban J connectivity index is 1.72. The molecule has 19 heavy (non-hydrogen) atoms. The van der Waals surface area contributed by atoms with E-state index in [1.807, 2.05) is 0 Å². The Kier molecular flexibility index (Phi) is 3.60. The van der Waals surface area contributed by atoms with Crippen LogP contribution in [0.1, 0.15) is 29.6 Å². The minimum atomic E-state index is 0.493. The summed E-state index contributed by atoms with van der Waals surface area (Å²) in [6, 6.07) is 0.493. The van der Waals surface area contributed by atoms with Gasteiger partial charge in [0.2, 0.25) is 0 Å². The molecule has 104 valence electrons. The maximum atomic E-state index is 5.46. The van der Waals surface area contributed by atoms with E-state index in [2.05, 4.69) is 41.7 Å². The average Bonchev–Trinajstić information content (AvgIpc) is 3.03. The van der Waals surface area contributed by atoms with Gasteiger partial charge in [0, 0.05) is 30.3 Å². The SMILES string of the molecule is Cc1cn2c(CNC(C)C3CCOC3)c(C)nc2s1. The lowest BCUT2D eigenvalue weighted by Crippen LogP contribution is -2.33. The zero-order chi connectivity index (χ0) is 13.4. The number of rotatable bonds is 4. The predicted octanol–water partition coefficient (Wildman–Crippen LogP) is 2.53. The third kappa shape index (κ3) is 2.55. The van der Waals surface area contributed by atoms with E-state index in [9.17, 15) is 0 Å². The molecule has 1 aliphatic heterocycles. The van der Waals surface area contributed by atoms with E-state index in [0.717, 1.165) is 30.4 Å². The quantitative estimate of drug-likeness (QED) is 0.934. The van der Waals surface area contributed by atoms with E-state index in [-0.39, 0.29) is 0 Å². The lowest BCUT2D eigenvalue weighted by Gasteiger charge is -2.19. The summed E-state index contributed by atoms with van der Waals surface area (Å²) >= 11 is 1.75. The molecule has 0 aromatic carbocycles. The molecule has 1 aliphatic rings. The van der Waals surface area contributed by atoms with Crippen molar-refractivity contribution in [2.45, 2.75) is 39.8 Å². The van der Waals surface area contributed by atoms with E-state index < -0.39 is 0 Å². The molecule has 1 saturated heterocycles. The van der Waals surface area contributed by atoms with Gasteiger partial charge in [-0.3, -0.25) is 4.40 Å². The van der Waals surface area contributed by atoms with Crippen LogP contribution in [-0.2, 0) is 11.3 Å². The Labute approximate surface area is 117 Å². The second kappa shape index (κ2) is 5.23. The van der Waals surface area contributed by atoms with Crippen LogP contribution in [0.25, 0.3) is 4.96 Å². The molecule has 2 unspecified atom stereocenters. The molecule has 2 aromatic rings. The van der Waals surface area contributed by atoms with Gasteiger partial charge in [0.1, 0.15) is 0 Å². The van der Waals surface area contributed by atoms with Crippen LogP contribution in [0.5, 0.6) is 0 Å². The van der Waals surface area contributed by atoms with Crippen LogP contribution in [0.4, 0.5) is 0 Å². The van der Waals surface area contributed by atoms with Gasteiger partial charge >= 0.3 is 0 Å². The molecule has 0 saturated carbocycles. The molecule has 2 atom stereocenters. The summed E-state index contributed by atoms with van der Waals surface area (Å²) in [5.41, 5.74) is 2.42. The molecular formula is C14H21N3OS. The zero-order valence-corrected chi connectivity index (χ0v) is 12.6. The smallest absolute Gasteiger partial charge is 0.194 e. The highest BCUT2D eigenvalue weighted by Gasteiger charge is 2.22. The largest absolute Gasteiger partial charge is 0.381 e. The Hall–Kier alpha value is -0.910. The minimum absolute atomic E-state index is 0.493. The van der Waals surface area contributed by atoms with Gasteiger partial charge in [-0.1, -0.05) is 0 Å². The molecule has 0 bridgehead atoms. The van der Waals surface area contributed by atoms with Gasteiger partial charge < -0.3 is 10.1 Å². The van der Waals surface area contributed by atoms with Crippen LogP contribution in [0.2, 0.25) is 0 Å². The zero-order valence-electron chi connectivity index (χ0n) is 11.8. The normalized spacial score (nSPS) is 21.3. The first-order chi connectivity index (χ1) is 9.15. The van der Waals surface area contributed by atoms with E-state index in [1.165, 1.54) is 17.0 Å². The van der Waals surface area contributed by atoms with Crippen LogP contribution in [0, 0.1) is 19.8 Å². The van der Waals surface area contributed by atoms with Gasteiger partial charge in [0.25, 0.3) is 0 Å². The molecule has 4 nitrogen and oxygen atoms in total. The van der Waals surface area contributed by atoms with E-state index in [0.29, 0.717) is 12.0 Å². The van der Waals surface area contributed by atoms with Crippen molar-refractivity contribution < 1.29 is 4.74 Å². The first-order valence-corrected chi connectivity index (χ1v) is 7.72. The summed E-state index contributed by atoms with van der Waals surface area (Å²) < 4.78 is 7.68. The van der Waals surface area contributed by atoms with Gasteiger partial charge in [0.05, 0.1) is 18.0 Å². The molecule has 1 fully saturated rings. The number of aryl methyl sites for hydroxylation is 2. The molecular weight excluding hydrogens is 258 g/mol. The van der Waals surface area contributed by atoms with Crippen molar-refractivity contribution in [3.8, 4) is 0 Å². The first kappa shape index (κ1) is 13.1. The molecule has 3 heterocycles. The van der Waals surface area contributed by atoms with Gasteiger partial charge in [-0.2, -0.15) is 0 Å². The molecule has 0 aliphatic carbocycles. The summed E-state index contributed by atoms with van der Waals surface area (Å²) in [6.45, 7) is 9.16. The van der Waals surface area contributed by atoms with Crippen LogP contribution in [0.15, 0.2) is 6.20 Å². The Morgan fingerprint density at radius 1 is 1.58 bits per heavy atom. The van der Waals surface area contributed by atoms with Crippen molar-refractivity contribution >= 4 is 16.3 Å². The van der Waals surface area contributed by atoms with E-state index >= 15 is 0 Å². The monoisotopic (exact) mass is 279 g/mol. The fourth-order valence-electron chi connectivity index (χ4n) is 2.69. The standard InChI is InChI=1S/C14H21N3OS/c1-9-7-17-13(11(3)16-14(17)19-9)6-15-10(2)12-4-5-18-8-12/h7,10,12,15H,4-6,8H2,1-3H3. The van der Waals surface area contributed by atoms with Crippen molar-refractivity contribution in [1.82, 2.24) is 14.7 Å². The number of nitrogens with one attached hydrogen (secondary N) is 1.